The van der Waals surface area contributed by atoms with Gasteiger partial charge in [0.25, 0.3) is 0 Å². The Bertz CT molecular complexity index is 862. The molecular weight excluding hydrogens is 349 g/mol. The number of ether oxygens (including phenoxy) is 1. The highest BCUT2D eigenvalue weighted by Gasteiger charge is 2.31. The van der Waals surface area contributed by atoms with Gasteiger partial charge in [0.2, 0.25) is 6.30 Å². The molecule has 3 heterocycles. The highest BCUT2D eigenvalue weighted by Crippen LogP contribution is 2.33. The fourth-order valence-electron chi connectivity index (χ4n) is 3.69. The Morgan fingerprint density at radius 2 is 2.11 bits per heavy atom. The molecule has 0 radical (unpaired) electrons. The van der Waals surface area contributed by atoms with Gasteiger partial charge in [-0.1, -0.05) is 24.3 Å². The molecule has 2 aromatic rings. The molecule has 1 saturated heterocycles. The van der Waals surface area contributed by atoms with Crippen molar-refractivity contribution in [3.05, 3.63) is 47.2 Å². The third kappa shape index (κ3) is 3.57. The third-order valence-corrected chi connectivity index (χ3v) is 5.20. The second-order valence-corrected chi connectivity index (χ2v) is 7.03. The highest BCUT2D eigenvalue weighted by molar-refractivity contribution is 5.91. The van der Waals surface area contributed by atoms with Crippen molar-refractivity contribution in [2.24, 2.45) is 0 Å². The van der Waals surface area contributed by atoms with Gasteiger partial charge in [-0.05, 0) is 31.5 Å². The Kier molecular flexibility index (Phi) is 4.65. The Hall–Kier alpha value is -2.74. The summed E-state index contributed by atoms with van der Waals surface area (Å²) in [4.78, 5) is 22.1. The van der Waals surface area contributed by atoms with Crippen LogP contribution >= 0.6 is 0 Å². The lowest BCUT2D eigenvalue weighted by Gasteiger charge is -2.37. The first-order chi connectivity index (χ1) is 13.0. The van der Waals surface area contributed by atoms with Crippen molar-refractivity contribution in [2.75, 3.05) is 18.9 Å². The summed E-state index contributed by atoms with van der Waals surface area (Å²) < 4.78 is 19.8. The fraction of sp³-hybridized carbons (Fsp3) is 0.421. The van der Waals surface area contributed by atoms with Crippen molar-refractivity contribution in [1.82, 2.24) is 20.2 Å². The average Bonchev–Trinajstić information content (AvgIpc) is 2.63. The maximum atomic E-state index is 13.8. The van der Waals surface area contributed by atoms with Gasteiger partial charge >= 0.3 is 12.0 Å². The molecule has 1 aromatic heterocycles. The molecular formula is C19H22FN5O2. The van der Waals surface area contributed by atoms with E-state index in [1.807, 2.05) is 6.07 Å². The number of likely N-dealkylation sites (tertiary alicyclic amines) is 1. The number of nitrogens with zero attached hydrogens (tertiary/aromatic N) is 3. The second-order valence-electron chi connectivity index (χ2n) is 7.03. The number of carbonyl (C=O) groups excluding carboxylic acids is 1. The van der Waals surface area contributed by atoms with E-state index in [9.17, 15) is 9.18 Å². The lowest BCUT2D eigenvalue weighted by Crippen LogP contribution is -2.39. The number of aromatic nitrogens is 2. The number of urea groups is 1. The lowest BCUT2D eigenvalue weighted by atomic mass is 9.91. The third-order valence-electron chi connectivity index (χ3n) is 5.20. The summed E-state index contributed by atoms with van der Waals surface area (Å²) in [5.41, 5.74) is 2.74. The molecule has 3 unspecified atom stereocenters. The number of hydrogen-bond acceptors (Lipinski definition) is 5. The molecule has 1 aromatic carbocycles. The molecule has 0 spiro atoms. The molecule has 4 rings (SSSR count). The van der Waals surface area contributed by atoms with Gasteiger partial charge in [0.15, 0.2) is 0 Å². The Labute approximate surface area is 157 Å². The normalized spacial score (nSPS) is 25.3. The standard InChI is InChI=1S/C19H22FN5O2/c1-11-5-3-4-6-13(11)15-9-12(7-8-25(15)2)27-19-21-10-14-16(20)22-18(26)23-17(14)24-19/h3-6,10,12,15-16H,7-9H2,1-2H3,(H2,21,22,23,24,26). The summed E-state index contributed by atoms with van der Waals surface area (Å²) >= 11 is 0. The first-order valence-corrected chi connectivity index (χ1v) is 9.02. The number of halogens is 1. The van der Waals surface area contributed by atoms with Gasteiger partial charge in [0.1, 0.15) is 11.9 Å². The van der Waals surface area contributed by atoms with Crippen LogP contribution in [0.15, 0.2) is 30.5 Å². The minimum Gasteiger partial charge on any atom is -0.460 e. The molecule has 1 fully saturated rings. The second kappa shape index (κ2) is 7.11. The number of piperidine rings is 1. The minimum absolute atomic E-state index is 0.0533. The van der Waals surface area contributed by atoms with E-state index in [0.717, 1.165) is 19.4 Å². The van der Waals surface area contributed by atoms with Crippen molar-refractivity contribution in [3.8, 4) is 6.01 Å². The summed E-state index contributed by atoms with van der Waals surface area (Å²) in [6.07, 6.45) is 1.34. The van der Waals surface area contributed by atoms with E-state index < -0.39 is 12.3 Å². The Morgan fingerprint density at radius 1 is 1.30 bits per heavy atom. The van der Waals surface area contributed by atoms with Gasteiger partial charge in [-0.3, -0.25) is 10.2 Å². The Balaban J connectivity index is 1.51. The zero-order valence-corrected chi connectivity index (χ0v) is 15.3. The van der Waals surface area contributed by atoms with Crippen molar-refractivity contribution in [1.29, 1.82) is 0 Å². The Morgan fingerprint density at radius 3 is 2.93 bits per heavy atom. The maximum Gasteiger partial charge on any atom is 0.322 e. The molecule has 8 heteroatoms. The number of fused-ring (bicyclic) bond motifs is 1. The van der Waals surface area contributed by atoms with Crippen LogP contribution in [-0.4, -0.2) is 40.6 Å². The van der Waals surface area contributed by atoms with E-state index in [1.165, 1.54) is 17.3 Å². The smallest absolute Gasteiger partial charge is 0.322 e. The number of alkyl halides is 1. The first kappa shape index (κ1) is 17.7. The summed E-state index contributed by atoms with van der Waals surface area (Å²) in [7, 11) is 2.12. The zero-order chi connectivity index (χ0) is 19.0. The molecule has 2 N–H and O–H groups in total. The van der Waals surface area contributed by atoms with Crippen molar-refractivity contribution in [3.63, 3.8) is 0 Å². The molecule has 3 atom stereocenters. The van der Waals surface area contributed by atoms with E-state index in [4.69, 9.17) is 4.74 Å². The molecule has 0 bridgehead atoms. The first-order valence-electron chi connectivity index (χ1n) is 9.02. The lowest BCUT2D eigenvalue weighted by molar-refractivity contribution is 0.0648. The summed E-state index contributed by atoms with van der Waals surface area (Å²) in [6, 6.07) is 8.14. The number of aryl methyl sites for hydroxylation is 1. The molecule has 0 saturated carbocycles. The van der Waals surface area contributed by atoms with Crippen LogP contribution in [0.4, 0.5) is 15.0 Å². The molecule has 2 aliphatic rings. The molecule has 2 aliphatic heterocycles. The number of amides is 2. The van der Waals surface area contributed by atoms with Crippen LogP contribution in [0.3, 0.4) is 0 Å². The van der Waals surface area contributed by atoms with E-state index >= 15 is 0 Å². The van der Waals surface area contributed by atoms with E-state index in [-0.39, 0.29) is 29.5 Å². The largest absolute Gasteiger partial charge is 0.460 e. The number of carbonyl (C=O) groups is 1. The summed E-state index contributed by atoms with van der Waals surface area (Å²) in [6.45, 7) is 3.01. The van der Waals surface area contributed by atoms with Crippen LogP contribution in [0.25, 0.3) is 0 Å². The van der Waals surface area contributed by atoms with Crippen molar-refractivity contribution < 1.29 is 13.9 Å². The van der Waals surface area contributed by atoms with Crippen LogP contribution in [0.2, 0.25) is 0 Å². The summed E-state index contributed by atoms with van der Waals surface area (Å²) in [5, 5.41) is 4.62. The SMILES string of the molecule is Cc1ccccc1C1CC(Oc2ncc3c(n2)NC(=O)NC3F)CCN1C. The minimum atomic E-state index is -1.61. The van der Waals surface area contributed by atoms with E-state index in [2.05, 4.69) is 57.7 Å². The zero-order valence-electron chi connectivity index (χ0n) is 15.3. The predicted octanol–water partition coefficient (Wildman–Crippen LogP) is 3.10. The van der Waals surface area contributed by atoms with Crippen LogP contribution < -0.4 is 15.4 Å². The van der Waals surface area contributed by atoms with Gasteiger partial charge < -0.3 is 10.1 Å². The van der Waals surface area contributed by atoms with E-state index in [0.29, 0.717) is 0 Å². The number of hydrogen-bond donors (Lipinski definition) is 2. The molecule has 142 valence electrons. The number of benzene rings is 1. The maximum absolute atomic E-state index is 13.8. The van der Waals surface area contributed by atoms with Crippen LogP contribution in [0.1, 0.15) is 41.9 Å². The predicted molar refractivity (Wildman–Crippen MR) is 98.2 cm³/mol. The fourth-order valence-corrected chi connectivity index (χ4v) is 3.69. The number of anilines is 1. The molecule has 27 heavy (non-hydrogen) atoms. The molecule has 2 amide bonds. The quantitative estimate of drug-likeness (QED) is 0.811. The highest BCUT2D eigenvalue weighted by atomic mass is 19.1. The summed E-state index contributed by atoms with van der Waals surface area (Å²) in [5.74, 6) is 0.152. The number of nitrogens with one attached hydrogen (secondary N) is 2. The number of rotatable bonds is 3. The van der Waals surface area contributed by atoms with Crippen molar-refractivity contribution in [2.45, 2.75) is 38.2 Å². The van der Waals surface area contributed by atoms with E-state index in [1.54, 1.807) is 0 Å². The van der Waals surface area contributed by atoms with Gasteiger partial charge in [0.05, 0.1) is 5.56 Å². The van der Waals surface area contributed by atoms with Crippen LogP contribution in [-0.2, 0) is 0 Å². The monoisotopic (exact) mass is 371 g/mol. The molecule has 7 nitrogen and oxygen atoms in total. The van der Waals surface area contributed by atoms with Gasteiger partial charge in [-0.2, -0.15) is 4.98 Å². The van der Waals surface area contributed by atoms with Crippen molar-refractivity contribution >= 4 is 11.8 Å². The van der Waals surface area contributed by atoms with Gasteiger partial charge in [-0.15, -0.1) is 0 Å². The average molecular weight is 371 g/mol. The van der Waals surface area contributed by atoms with Gasteiger partial charge in [0, 0.05) is 25.2 Å². The van der Waals surface area contributed by atoms with Crippen LogP contribution in [0.5, 0.6) is 6.01 Å². The van der Waals surface area contributed by atoms with Crippen LogP contribution in [0, 0.1) is 6.92 Å². The topological polar surface area (TPSA) is 79.4 Å². The molecule has 0 aliphatic carbocycles. The van der Waals surface area contributed by atoms with Gasteiger partial charge in [-0.25, -0.2) is 14.2 Å².